The number of nitrogens with two attached hydrogens (primary N) is 1. The van der Waals surface area contributed by atoms with Gasteiger partial charge < -0.3 is 10.5 Å². The fourth-order valence-corrected chi connectivity index (χ4v) is 3.84. The zero-order valence-corrected chi connectivity index (χ0v) is 14.0. The minimum atomic E-state index is -4.14. The van der Waals surface area contributed by atoms with Crippen LogP contribution < -0.4 is 14.8 Å². The Bertz CT molecular complexity index is 851. The zero-order valence-electron chi connectivity index (χ0n) is 13.2. The fourth-order valence-electron chi connectivity index (χ4n) is 2.17. The Hall–Kier alpha value is -2.61. The average Bonchev–Trinajstić information content (AvgIpc) is 2.53. The summed E-state index contributed by atoms with van der Waals surface area (Å²) in [5, 5.41) is 0. The molecule has 128 valence electrons. The maximum absolute atomic E-state index is 13.1. The van der Waals surface area contributed by atoms with Gasteiger partial charge in [-0.25, -0.2) is 12.8 Å². The maximum atomic E-state index is 13.1. The summed E-state index contributed by atoms with van der Waals surface area (Å²) in [6.07, 6.45) is 0. The summed E-state index contributed by atoms with van der Waals surface area (Å²) < 4.78 is 45.1. The second kappa shape index (κ2) is 6.88. The van der Waals surface area contributed by atoms with Crippen LogP contribution in [0.4, 0.5) is 10.1 Å². The maximum Gasteiger partial charge on any atom is 0.268 e. The van der Waals surface area contributed by atoms with Crippen LogP contribution in [0.15, 0.2) is 47.4 Å². The predicted molar refractivity (Wildman–Crippen MR) is 87.9 cm³/mol. The highest BCUT2D eigenvalue weighted by Gasteiger charge is 2.29. The fraction of sp³-hybridized carbons (Fsp3) is 0.188. The Kier molecular flexibility index (Phi) is 5.08. The van der Waals surface area contributed by atoms with Crippen molar-refractivity contribution in [2.75, 3.05) is 18.0 Å². The van der Waals surface area contributed by atoms with Gasteiger partial charge in [0.05, 0.1) is 12.8 Å². The number of hydrogen-bond acceptors (Lipinski definition) is 4. The number of methoxy groups -OCH3 is 1. The SMILES string of the molecule is COc1ccc(C)cc1S(=O)(=O)N(CC(N)=O)c1ccc(F)cc1. The summed E-state index contributed by atoms with van der Waals surface area (Å²) in [6, 6.07) is 9.39. The van der Waals surface area contributed by atoms with E-state index < -0.39 is 28.3 Å². The molecule has 2 N–H and O–H groups in total. The molecular formula is C16H17FN2O4S. The van der Waals surface area contributed by atoms with Crippen LogP contribution in [0.1, 0.15) is 5.56 Å². The standard InChI is InChI=1S/C16H17FN2O4S/c1-11-3-8-14(23-2)15(9-11)24(21,22)19(10-16(18)20)13-6-4-12(17)5-7-13/h3-9H,10H2,1-2H3,(H2,18,20). The van der Waals surface area contributed by atoms with Crippen LogP contribution >= 0.6 is 0 Å². The first-order valence-electron chi connectivity index (χ1n) is 6.97. The second-order valence-electron chi connectivity index (χ2n) is 5.11. The summed E-state index contributed by atoms with van der Waals surface area (Å²) in [5.74, 6) is -1.23. The van der Waals surface area contributed by atoms with Gasteiger partial charge in [0, 0.05) is 0 Å². The van der Waals surface area contributed by atoms with Crippen LogP contribution in [-0.4, -0.2) is 28.0 Å². The van der Waals surface area contributed by atoms with Crippen LogP contribution in [0.2, 0.25) is 0 Å². The van der Waals surface area contributed by atoms with Crippen molar-refractivity contribution < 1.29 is 22.3 Å². The number of hydrogen-bond donors (Lipinski definition) is 1. The smallest absolute Gasteiger partial charge is 0.268 e. The number of primary amides is 1. The molecule has 24 heavy (non-hydrogen) atoms. The Labute approximate surface area is 139 Å². The quantitative estimate of drug-likeness (QED) is 0.859. The van der Waals surface area contributed by atoms with E-state index in [0.717, 1.165) is 16.4 Å². The molecule has 0 saturated carbocycles. The lowest BCUT2D eigenvalue weighted by molar-refractivity contribution is -0.116. The number of carbonyl (C=O) groups is 1. The summed E-state index contributed by atoms with van der Waals surface area (Å²) in [4.78, 5) is 11.3. The highest BCUT2D eigenvalue weighted by molar-refractivity contribution is 7.93. The van der Waals surface area contributed by atoms with E-state index in [-0.39, 0.29) is 16.3 Å². The molecule has 2 aromatic rings. The van der Waals surface area contributed by atoms with Gasteiger partial charge in [-0.05, 0) is 48.9 Å². The minimum Gasteiger partial charge on any atom is -0.495 e. The van der Waals surface area contributed by atoms with Crippen molar-refractivity contribution in [1.82, 2.24) is 0 Å². The van der Waals surface area contributed by atoms with Gasteiger partial charge in [-0.2, -0.15) is 0 Å². The van der Waals surface area contributed by atoms with E-state index in [1.54, 1.807) is 13.0 Å². The van der Waals surface area contributed by atoms with Gasteiger partial charge in [-0.3, -0.25) is 9.10 Å². The minimum absolute atomic E-state index is 0.101. The molecule has 0 saturated heterocycles. The summed E-state index contributed by atoms with van der Waals surface area (Å²) in [5.41, 5.74) is 6.01. The molecule has 0 aliphatic rings. The molecule has 0 radical (unpaired) electrons. The highest BCUT2D eigenvalue weighted by Crippen LogP contribution is 2.30. The van der Waals surface area contributed by atoms with Crippen molar-refractivity contribution in [2.45, 2.75) is 11.8 Å². The molecule has 2 aromatic carbocycles. The molecule has 0 unspecified atom stereocenters. The van der Waals surface area contributed by atoms with Gasteiger partial charge in [0.2, 0.25) is 5.91 Å². The van der Waals surface area contributed by atoms with Gasteiger partial charge >= 0.3 is 0 Å². The molecule has 0 aliphatic carbocycles. The number of carbonyl (C=O) groups excluding carboxylic acids is 1. The van der Waals surface area contributed by atoms with E-state index >= 15 is 0 Å². The number of benzene rings is 2. The molecule has 0 atom stereocenters. The van der Waals surface area contributed by atoms with Gasteiger partial charge in [0.25, 0.3) is 10.0 Å². The van der Waals surface area contributed by atoms with E-state index in [1.165, 1.54) is 31.4 Å². The third-order valence-corrected chi connectivity index (χ3v) is 5.10. The number of anilines is 1. The van der Waals surface area contributed by atoms with Crippen molar-refractivity contribution in [2.24, 2.45) is 5.73 Å². The van der Waals surface area contributed by atoms with E-state index in [9.17, 15) is 17.6 Å². The lowest BCUT2D eigenvalue weighted by Crippen LogP contribution is -2.38. The number of sulfonamides is 1. The largest absolute Gasteiger partial charge is 0.495 e. The van der Waals surface area contributed by atoms with Crippen LogP contribution in [0.3, 0.4) is 0 Å². The molecule has 0 spiro atoms. The Morgan fingerprint density at radius 2 is 1.83 bits per heavy atom. The molecule has 0 heterocycles. The Balaban J connectivity index is 2.62. The second-order valence-corrected chi connectivity index (χ2v) is 6.94. The van der Waals surface area contributed by atoms with E-state index in [4.69, 9.17) is 10.5 Å². The number of aryl methyl sites for hydroxylation is 1. The third-order valence-electron chi connectivity index (χ3n) is 3.30. The van der Waals surface area contributed by atoms with Gasteiger partial charge in [0.1, 0.15) is 23.0 Å². The van der Waals surface area contributed by atoms with E-state index in [2.05, 4.69) is 0 Å². The normalized spacial score (nSPS) is 11.1. The van der Waals surface area contributed by atoms with Crippen LogP contribution in [0, 0.1) is 12.7 Å². The van der Waals surface area contributed by atoms with Crippen molar-refractivity contribution in [3.8, 4) is 5.75 Å². The van der Waals surface area contributed by atoms with Crippen molar-refractivity contribution >= 4 is 21.6 Å². The molecule has 6 nitrogen and oxygen atoms in total. The molecule has 0 aromatic heterocycles. The van der Waals surface area contributed by atoms with Gasteiger partial charge in [0.15, 0.2) is 0 Å². The number of halogens is 1. The Morgan fingerprint density at radius 1 is 1.21 bits per heavy atom. The van der Waals surface area contributed by atoms with Crippen molar-refractivity contribution in [3.63, 3.8) is 0 Å². The number of rotatable bonds is 6. The Morgan fingerprint density at radius 3 is 2.38 bits per heavy atom. The monoisotopic (exact) mass is 352 g/mol. The molecule has 2 rings (SSSR count). The van der Waals surface area contributed by atoms with Crippen LogP contribution in [-0.2, 0) is 14.8 Å². The molecule has 0 aliphatic heterocycles. The molecule has 1 amide bonds. The summed E-state index contributed by atoms with van der Waals surface area (Å²) >= 11 is 0. The molecule has 0 fully saturated rings. The first-order valence-corrected chi connectivity index (χ1v) is 8.41. The van der Waals surface area contributed by atoms with Crippen molar-refractivity contribution in [3.05, 3.63) is 53.8 Å². The lowest BCUT2D eigenvalue weighted by Gasteiger charge is -2.24. The highest BCUT2D eigenvalue weighted by atomic mass is 32.2. The lowest BCUT2D eigenvalue weighted by atomic mass is 10.2. The number of ether oxygens (including phenoxy) is 1. The number of nitrogens with zero attached hydrogens (tertiary/aromatic N) is 1. The van der Waals surface area contributed by atoms with Crippen LogP contribution in [0.5, 0.6) is 5.75 Å². The van der Waals surface area contributed by atoms with Gasteiger partial charge in [-0.1, -0.05) is 6.07 Å². The van der Waals surface area contributed by atoms with E-state index in [1.807, 2.05) is 0 Å². The summed E-state index contributed by atoms with van der Waals surface area (Å²) in [7, 11) is -2.80. The molecule has 8 heteroatoms. The van der Waals surface area contributed by atoms with Crippen molar-refractivity contribution in [1.29, 1.82) is 0 Å². The summed E-state index contributed by atoms with van der Waals surface area (Å²) in [6.45, 7) is 1.15. The first-order chi connectivity index (χ1) is 11.3. The third kappa shape index (κ3) is 3.65. The average molecular weight is 352 g/mol. The van der Waals surface area contributed by atoms with E-state index in [0.29, 0.717) is 5.56 Å². The number of amides is 1. The molecule has 0 bridgehead atoms. The predicted octanol–water partition coefficient (Wildman–Crippen LogP) is 1.82. The van der Waals surface area contributed by atoms with Crippen LogP contribution in [0.25, 0.3) is 0 Å². The topological polar surface area (TPSA) is 89.7 Å². The molecular weight excluding hydrogens is 335 g/mol. The first kappa shape index (κ1) is 17.7. The zero-order chi connectivity index (χ0) is 17.9. The van der Waals surface area contributed by atoms with Gasteiger partial charge in [-0.15, -0.1) is 0 Å².